The topological polar surface area (TPSA) is 80.1 Å². The quantitative estimate of drug-likeness (QED) is 0.763. The van der Waals surface area contributed by atoms with E-state index in [1.807, 2.05) is 43.3 Å². The maximum absolute atomic E-state index is 12.6. The Morgan fingerprint density at radius 2 is 2.11 bits per heavy atom. The number of benzene rings is 1. The van der Waals surface area contributed by atoms with E-state index in [9.17, 15) is 9.59 Å². The van der Waals surface area contributed by atoms with E-state index in [1.165, 1.54) is 4.68 Å². The van der Waals surface area contributed by atoms with E-state index in [2.05, 4.69) is 15.4 Å². The van der Waals surface area contributed by atoms with Gasteiger partial charge in [-0.2, -0.15) is 5.10 Å². The molecule has 7 heteroatoms. The molecule has 1 N–H and O–H groups in total. The highest BCUT2D eigenvalue weighted by atomic mass is 16.2. The van der Waals surface area contributed by atoms with Gasteiger partial charge in [-0.05, 0) is 36.2 Å². The number of rotatable bonds is 3. The number of carbonyl (C=O) groups excluding carboxylic acids is 1. The summed E-state index contributed by atoms with van der Waals surface area (Å²) in [6.07, 6.45) is 4.04. The lowest BCUT2D eigenvalue weighted by Gasteiger charge is -2.28. The maximum atomic E-state index is 12.6. The fourth-order valence-corrected chi connectivity index (χ4v) is 3.32. The van der Waals surface area contributed by atoms with E-state index in [1.54, 1.807) is 23.4 Å². The van der Waals surface area contributed by atoms with Crippen molar-refractivity contribution < 1.29 is 4.79 Å². The van der Waals surface area contributed by atoms with Crippen LogP contribution in [-0.4, -0.2) is 32.2 Å². The molecule has 2 amide bonds. The zero-order valence-corrected chi connectivity index (χ0v) is 15.6. The first-order valence-corrected chi connectivity index (χ1v) is 9.20. The van der Waals surface area contributed by atoms with Crippen LogP contribution in [0.2, 0.25) is 0 Å². The van der Waals surface area contributed by atoms with Gasteiger partial charge in [0.05, 0.1) is 12.2 Å². The lowest BCUT2D eigenvalue weighted by molar-refractivity contribution is 0.205. The van der Waals surface area contributed by atoms with Crippen LogP contribution in [0.4, 0.5) is 10.5 Å². The second-order valence-electron chi connectivity index (χ2n) is 6.94. The number of nitrogens with one attached hydrogen (secondary N) is 1. The molecular formula is C21H21N5O2. The number of aryl methyl sites for hydroxylation is 1. The molecule has 0 atom stereocenters. The molecule has 1 aliphatic rings. The fourth-order valence-electron chi connectivity index (χ4n) is 3.32. The van der Waals surface area contributed by atoms with Gasteiger partial charge in [-0.15, -0.1) is 0 Å². The molecule has 28 heavy (non-hydrogen) atoms. The SMILES string of the molecule is Cc1cccc(NC(=O)N2CCc3nn(Cc4cccnc4)c(=O)cc3C2)c1. The molecule has 3 heterocycles. The zero-order valence-electron chi connectivity index (χ0n) is 15.6. The highest BCUT2D eigenvalue weighted by Crippen LogP contribution is 2.17. The Morgan fingerprint density at radius 3 is 2.89 bits per heavy atom. The van der Waals surface area contributed by atoms with Gasteiger partial charge in [0, 0.05) is 49.2 Å². The number of nitrogens with zero attached hydrogens (tertiary/aromatic N) is 4. The molecule has 0 bridgehead atoms. The van der Waals surface area contributed by atoms with E-state index < -0.39 is 0 Å². The van der Waals surface area contributed by atoms with Gasteiger partial charge in [-0.3, -0.25) is 9.78 Å². The molecule has 0 saturated carbocycles. The lowest BCUT2D eigenvalue weighted by atomic mass is 10.1. The molecule has 7 nitrogen and oxygen atoms in total. The summed E-state index contributed by atoms with van der Waals surface area (Å²) in [5, 5.41) is 7.43. The van der Waals surface area contributed by atoms with Crippen molar-refractivity contribution in [2.75, 3.05) is 11.9 Å². The summed E-state index contributed by atoms with van der Waals surface area (Å²) >= 11 is 0. The molecule has 1 aliphatic heterocycles. The number of hydrogen-bond donors (Lipinski definition) is 1. The molecule has 1 aromatic carbocycles. The molecular weight excluding hydrogens is 354 g/mol. The second-order valence-corrected chi connectivity index (χ2v) is 6.94. The van der Waals surface area contributed by atoms with Crippen molar-refractivity contribution >= 4 is 11.7 Å². The predicted molar refractivity (Wildman–Crippen MR) is 106 cm³/mol. The van der Waals surface area contributed by atoms with Crippen molar-refractivity contribution in [1.82, 2.24) is 19.7 Å². The van der Waals surface area contributed by atoms with Crippen molar-refractivity contribution in [2.24, 2.45) is 0 Å². The number of amides is 2. The van der Waals surface area contributed by atoms with Crippen LogP contribution in [-0.2, 0) is 19.5 Å². The summed E-state index contributed by atoms with van der Waals surface area (Å²) in [4.78, 5) is 30.8. The number of anilines is 1. The molecule has 0 radical (unpaired) electrons. The van der Waals surface area contributed by atoms with Crippen LogP contribution in [0.5, 0.6) is 0 Å². The molecule has 142 valence electrons. The van der Waals surface area contributed by atoms with Crippen molar-refractivity contribution in [2.45, 2.75) is 26.4 Å². The summed E-state index contributed by atoms with van der Waals surface area (Å²) < 4.78 is 1.46. The molecule has 0 spiro atoms. The van der Waals surface area contributed by atoms with Crippen LogP contribution in [0.1, 0.15) is 22.4 Å². The number of pyridine rings is 1. The summed E-state index contributed by atoms with van der Waals surface area (Å²) in [5.74, 6) is 0. The highest BCUT2D eigenvalue weighted by Gasteiger charge is 2.23. The summed E-state index contributed by atoms with van der Waals surface area (Å²) in [7, 11) is 0. The van der Waals surface area contributed by atoms with Gasteiger partial charge in [-0.1, -0.05) is 18.2 Å². The summed E-state index contributed by atoms with van der Waals surface area (Å²) in [5.41, 5.74) is 4.26. The van der Waals surface area contributed by atoms with E-state index in [0.29, 0.717) is 26.1 Å². The molecule has 0 aliphatic carbocycles. The maximum Gasteiger partial charge on any atom is 0.322 e. The highest BCUT2D eigenvalue weighted by molar-refractivity contribution is 5.89. The van der Waals surface area contributed by atoms with Gasteiger partial charge in [-0.25, -0.2) is 9.48 Å². The molecule has 0 fully saturated rings. The van der Waals surface area contributed by atoms with Gasteiger partial charge < -0.3 is 10.2 Å². The van der Waals surface area contributed by atoms with Crippen LogP contribution in [0.15, 0.2) is 59.7 Å². The Morgan fingerprint density at radius 1 is 1.21 bits per heavy atom. The van der Waals surface area contributed by atoms with Gasteiger partial charge in [0.1, 0.15) is 0 Å². The predicted octanol–water partition coefficient (Wildman–Crippen LogP) is 2.59. The molecule has 0 unspecified atom stereocenters. The molecule has 3 aromatic rings. The van der Waals surface area contributed by atoms with Crippen LogP contribution in [0.3, 0.4) is 0 Å². The number of urea groups is 1. The molecule has 2 aromatic heterocycles. The minimum Gasteiger partial charge on any atom is -0.320 e. The lowest BCUT2D eigenvalue weighted by Crippen LogP contribution is -2.40. The first-order valence-electron chi connectivity index (χ1n) is 9.20. The largest absolute Gasteiger partial charge is 0.322 e. The Balaban J connectivity index is 1.49. The molecule has 4 rings (SSSR count). The minimum atomic E-state index is -0.177. The summed E-state index contributed by atoms with van der Waals surface area (Å²) in [6, 6.07) is 12.8. The van der Waals surface area contributed by atoms with Gasteiger partial charge in [0.2, 0.25) is 0 Å². The van der Waals surface area contributed by atoms with E-state index in [4.69, 9.17) is 0 Å². The first-order chi connectivity index (χ1) is 13.6. The zero-order chi connectivity index (χ0) is 19.5. The normalized spacial score (nSPS) is 13.1. The van der Waals surface area contributed by atoms with E-state index in [0.717, 1.165) is 28.1 Å². The Bertz CT molecular complexity index is 1060. The van der Waals surface area contributed by atoms with Crippen LogP contribution < -0.4 is 10.9 Å². The molecule has 0 saturated heterocycles. The third kappa shape index (κ3) is 3.93. The number of fused-ring (bicyclic) bond motifs is 1. The minimum absolute atomic E-state index is 0.171. The van der Waals surface area contributed by atoms with Crippen LogP contribution in [0, 0.1) is 6.92 Å². The third-order valence-corrected chi connectivity index (χ3v) is 4.76. The van der Waals surface area contributed by atoms with E-state index in [-0.39, 0.29) is 11.6 Å². The smallest absolute Gasteiger partial charge is 0.320 e. The van der Waals surface area contributed by atoms with Crippen LogP contribution >= 0.6 is 0 Å². The number of aromatic nitrogens is 3. The van der Waals surface area contributed by atoms with Gasteiger partial charge in [0.25, 0.3) is 5.56 Å². The van der Waals surface area contributed by atoms with Crippen LogP contribution in [0.25, 0.3) is 0 Å². The fraction of sp³-hybridized carbons (Fsp3) is 0.238. The van der Waals surface area contributed by atoms with Crippen molar-refractivity contribution in [3.8, 4) is 0 Å². The Kier molecular flexibility index (Phi) is 4.89. The van der Waals surface area contributed by atoms with E-state index >= 15 is 0 Å². The Hall–Kier alpha value is -3.48. The summed E-state index contributed by atoms with van der Waals surface area (Å²) in [6.45, 7) is 3.30. The number of hydrogen-bond acceptors (Lipinski definition) is 4. The monoisotopic (exact) mass is 375 g/mol. The van der Waals surface area contributed by atoms with Gasteiger partial charge in [0.15, 0.2) is 0 Å². The average Bonchev–Trinajstić information content (AvgIpc) is 2.69. The average molecular weight is 375 g/mol. The van der Waals surface area contributed by atoms with Gasteiger partial charge >= 0.3 is 6.03 Å². The number of carbonyl (C=O) groups is 1. The van der Waals surface area contributed by atoms with Crippen molar-refractivity contribution in [1.29, 1.82) is 0 Å². The van der Waals surface area contributed by atoms with Crippen molar-refractivity contribution in [3.05, 3.63) is 87.6 Å². The third-order valence-electron chi connectivity index (χ3n) is 4.76. The standard InChI is InChI=1S/C21H21N5O2/c1-15-4-2-6-18(10-15)23-21(28)25-9-7-19-17(14-25)11-20(27)26(24-19)13-16-5-3-8-22-12-16/h2-6,8,10-12H,7,9,13-14H2,1H3,(H,23,28). The second kappa shape index (κ2) is 7.64. The first kappa shape index (κ1) is 17.9. The van der Waals surface area contributed by atoms with Crippen molar-refractivity contribution in [3.63, 3.8) is 0 Å². The Labute approximate surface area is 162 Å².